The molecule has 0 amide bonds. The molecule has 0 aromatic heterocycles. The highest BCUT2D eigenvalue weighted by Crippen LogP contribution is 2.19. The van der Waals surface area contributed by atoms with E-state index in [0.717, 1.165) is 45.8 Å². The van der Waals surface area contributed by atoms with Crippen molar-refractivity contribution < 1.29 is 4.74 Å². The third-order valence-corrected chi connectivity index (χ3v) is 4.44. The molecule has 2 unspecified atom stereocenters. The van der Waals surface area contributed by atoms with Crippen LogP contribution in [0.25, 0.3) is 0 Å². The normalized spacial score (nSPS) is 25.3. The number of hydrogen-bond acceptors (Lipinski definition) is 4. The molecule has 1 heterocycles. The van der Waals surface area contributed by atoms with E-state index in [4.69, 9.17) is 10.5 Å². The maximum absolute atomic E-state index is 5.96. The highest BCUT2D eigenvalue weighted by molar-refractivity contribution is 4.88. The summed E-state index contributed by atoms with van der Waals surface area (Å²) < 4.78 is 5.90. The Labute approximate surface area is 112 Å². The van der Waals surface area contributed by atoms with Crippen LogP contribution in [0.2, 0.25) is 0 Å². The van der Waals surface area contributed by atoms with Crippen molar-refractivity contribution in [2.45, 2.75) is 45.8 Å². The molecule has 1 rings (SSSR count). The van der Waals surface area contributed by atoms with Gasteiger partial charge in [0.25, 0.3) is 0 Å². The number of likely N-dealkylation sites (N-methyl/N-ethyl adjacent to an activating group) is 2. The lowest BCUT2D eigenvalue weighted by atomic mass is 9.96. The van der Waals surface area contributed by atoms with Gasteiger partial charge in [-0.1, -0.05) is 20.8 Å². The van der Waals surface area contributed by atoms with E-state index in [-0.39, 0.29) is 5.54 Å². The Balaban J connectivity index is 2.57. The maximum atomic E-state index is 5.96. The average molecular weight is 257 g/mol. The molecule has 0 aliphatic carbocycles. The van der Waals surface area contributed by atoms with Gasteiger partial charge < -0.3 is 10.5 Å². The number of nitrogens with two attached hydrogens (primary N) is 1. The van der Waals surface area contributed by atoms with Gasteiger partial charge in [-0.05, 0) is 26.4 Å². The van der Waals surface area contributed by atoms with Gasteiger partial charge >= 0.3 is 0 Å². The van der Waals surface area contributed by atoms with Gasteiger partial charge in [-0.25, -0.2) is 0 Å². The molecule has 0 aromatic rings. The summed E-state index contributed by atoms with van der Waals surface area (Å²) in [4.78, 5) is 4.95. The largest absolute Gasteiger partial charge is 0.374 e. The lowest BCUT2D eigenvalue weighted by Crippen LogP contribution is -2.56. The van der Waals surface area contributed by atoms with Gasteiger partial charge in [-0.2, -0.15) is 0 Å². The monoisotopic (exact) mass is 257 g/mol. The second-order valence-electron chi connectivity index (χ2n) is 5.48. The molecule has 0 saturated carbocycles. The molecular weight excluding hydrogens is 226 g/mol. The predicted molar refractivity (Wildman–Crippen MR) is 76.9 cm³/mol. The van der Waals surface area contributed by atoms with Crippen molar-refractivity contribution in [1.29, 1.82) is 0 Å². The second-order valence-corrected chi connectivity index (χ2v) is 5.48. The smallest absolute Gasteiger partial charge is 0.0829 e. The summed E-state index contributed by atoms with van der Waals surface area (Å²) >= 11 is 0. The van der Waals surface area contributed by atoms with Crippen molar-refractivity contribution >= 4 is 0 Å². The van der Waals surface area contributed by atoms with Crippen LogP contribution in [-0.2, 0) is 4.74 Å². The molecule has 1 saturated heterocycles. The minimum atomic E-state index is 0.104. The minimum Gasteiger partial charge on any atom is -0.374 e. The van der Waals surface area contributed by atoms with Gasteiger partial charge in [0.05, 0.1) is 12.7 Å². The average Bonchev–Trinajstić information content (AvgIpc) is 2.44. The Bertz CT molecular complexity index is 231. The fourth-order valence-electron chi connectivity index (χ4n) is 2.65. The number of ether oxygens (including phenoxy) is 1. The van der Waals surface area contributed by atoms with Crippen LogP contribution < -0.4 is 5.73 Å². The van der Waals surface area contributed by atoms with E-state index in [1.165, 1.54) is 0 Å². The third-order valence-electron chi connectivity index (χ3n) is 4.44. The summed E-state index contributed by atoms with van der Waals surface area (Å²) in [6.07, 6.45) is 1.41. The van der Waals surface area contributed by atoms with E-state index in [2.05, 4.69) is 37.5 Å². The zero-order chi connectivity index (χ0) is 13.6. The third kappa shape index (κ3) is 3.92. The molecule has 1 fully saturated rings. The van der Waals surface area contributed by atoms with Gasteiger partial charge in [-0.15, -0.1) is 0 Å². The Morgan fingerprint density at radius 3 is 2.61 bits per heavy atom. The van der Waals surface area contributed by atoms with Crippen LogP contribution in [0.1, 0.15) is 34.1 Å². The van der Waals surface area contributed by atoms with Crippen molar-refractivity contribution in [3.05, 3.63) is 0 Å². The van der Waals surface area contributed by atoms with Crippen LogP contribution in [0.15, 0.2) is 0 Å². The first-order valence-corrected chi connectivity index (χ1v) is 7.38. The maximum Gasteiger partial charge on any atom is 0.0829 e. The second kappa shape index (κ2) is 7.43. The summed E-state index contributed by atoms with van der Waals surface area (Å²) in [5, 5.41) is 0. The van der Waals surface area contributed by atoms with Gasteiger partial charge in [0.15, 0.2) is 0 Å². The minimum absolute atomic E-state index is 0.104. The number of nitrogens with zero attached hydrogens (tertiary/aromatic N) is 2. The fraction of sp³-hybridized carbons (Fsp3) is 1.00. The first-order chi connectivity index (χ1) is 8.59. The topological polar surface area (TPSA) is 41.7 Å². The van der Waals surface area contributed by atoms with E-state index >= 15 is 0 Å². The van der Waals surface area contributed by atoms with Crippen LogP contribution in [0.3, 0.4) is 0 Å². The Hall–Kier alpha value is -0.160. The van der Waals surface area contributed by atoms with Gasteiger partial charge in [-0.3, -0.25) is 9.80 Å². The van der Waals surface area contributed by atoms with Crippen LogP contribution >= 0.6 is 0 Å². The SMILES string of the molecule is CCN1CCOC(CN(CC)C(C)(CC)CN)C1. The van der Waals surface area contributed by atoms with E-state index in [9.17, 15) is 0 Å². The lowest BCUT2D eigenvalue weighted by Gasteiger charge is -2.43. The number of morpholine rings is 1. The summed E-state index contributed by atoms with van der Waals surface area (Å²) in [5.74, 6) is 0. The molecule has 0 spiro atoms. The molecule has 4 nitrogen and oxygen atoms in total. The highest BCUT2D eigenvalue weighted by atomic mass is 16.5. The summed E-state index contributed by atoms with van der Waals surface area (Å²) in [5.41, 5.74) is 6.06. The molecule has 1 aliphatic heterocycles. The van der Waals surface area contributed by atoms with Crippen LogP contribution in [0.4, 0.5) is 0 Å². The molecule has 4 heteroatoms. The molecule has 1 aliphatic rings. The highest BCUT2D eigenvalue weighted by Gasteiger charge is 2.31. The van der Waals surface area contributed by atoms with Gasteiger partial charge in [0.1, 0.15) is 0 Å². The van der Waals surface area contributed by atoms with Crippen LogP contribution in [0.5, 0.6) is 0 Å². The predicted octanol–water partition coefficient (Wildman–Crippen LogP) is 1.16. The summed E-state index contributed by atoms with van der Waals surface area (Å²) in [7, 11) is 0. The molecular formula is C14H31N3O. The van der Waals surface area contributed by atoms with E-state index in [1.807, 2.05) is 0 Å². The van der Waals surface area contributed by atoms with E-state index in [0.29, 0.717) is 12.6 Å². The Kier molecular flexibility index (Phi) is 6.57. The molecule has 2 atom stereocenters. The quantitative estimate of drug-likeness (QED) is 0.743. The summed E-state index contributed by atoms with van der Waals surface area (Å²) in [6.45, 7) is 15.8. The van der Waals surface area contributed by atoms with Crippen LogP contribution in [0, 0.1) is 0 Å². The zero-order valence-electron chi connectivity index (χ0n) is 12.6. The van der Waals surface area contributed by atoms with E-state index in [1.54, 1.807) is 0 Å². The van der Waals surface area contributed by atoms with Crippen molar-refractivity contribution in [3.63, 3.8) is 0 Å². The summed E-state index contributed by atoms with van der Waals surface area (Å²) in [6, 6.07) is 0. The van der Waals surface area contributed by atoms with Crippen LogP contribution in [-0.4, -0.2) is 67.3 Å². The molecule has 108 valence electrons. The molecule has 2 N–H and O–H groups in total. The standard InChI is InChI=1S/C14H31N3O/c1-5-14(4,12-15)17(7-3)11-13-10-16(6-2)8-9-18-13/h13H,5-12,15H2,1-4H3. The zero-order valence-corrected chi connectivity index (χ0v) is 12.6. The van der Waals surface area contributed by atoms with Gasteiger partial charge in [0.2, 0.25) is 0 Å². The molecule has 18 heavy (non-hydrogen) atoms. The van der Waals surface area contributed by atoms with Crippen molar-refractivity contribution in [2.24, 2.45) is 5.73 Å². The molecule has 0 bridgehead atoms. The Morgan fingerprint density at radius 1 is 1.39 bits per heavy atom. The van der Waals surface area contributed by atoms with Crippen molar-refractivity contribution in [1.82, 2.24) is 9.80 Å². The van der Waals surface area contributed by atoms with Crippen molar-refractivity contribution in [2.75, 3.05) is 45.9 Å². The molecule has 0 radical (unpaired) electrons. The first kappa shape index (κ1) is 15.9. The Morgan fingerprint density at radius 2 is 2.11 bits per heavy atom. The number of rotatable bonds is 7. The fourth-order valence-corrected chi connectivity index (χ4v) is 2.65. The van der Waals surface area contributed by atoms with E-state index < -0.39 is 0 Å². The number of hydrogen-bond donors (Lipinski definition) is 1. The van der Waals surface area contributed by atoms with Crippen molar-refractivity contribution in [3.8, 4) is 0 Å². The lowest BCUT2D eigenvalue weighted by molar-refractivity contribution is -0.0558. The van der Waals surface area contributed by atoms with Gasteiger partial charge in [0, 0.05) is 31.7 Å². The molecule has 0 aromatic carbocycles. The first-order valence-electron chi connectivity index (χ1n) is 7.38.